The van der Waals surface area contributed by atoms with Crippen LogP contribution in [0.4, 0.5) is 5.69 Å². The summed E-state index contributed by atoms with van der Waals surface area (Å²) in [5.41, 5.74) is 0.878. The number of rotatable bonds is 12. The Balaban J connectivity index is 2.45. The summed E-state index contributed by atoms with van der Waals surface area (Å²) in [6, 6.07) is 10.5. The van der Waals surface area contributed by atoms with Crippen LogP contribution in [0.2, 0.25) is 10.0 Å². The molecule has 2 amide bonds. The van der Waals surface area contributed by atoms with Gasteiger partial charge in [-0.2, -0.15) is 0 Å². The first-order valence-electron chi connectivity index (χ1n) is 11.6. The highest BCUT2D eigenvalue weighted by Crippen LogP contribution is 2.30. The lowest BCUT2D eigenvalue weighted by atomic mass is 10.1. The summed E-state index contributed by atoms with van der Waals surface area (Å²) in [5, 5.41) is 3.55. The normalized spacial score (nSPS) is 13.0. The number of sulfonamides is 1. The number of benzene rings is 2. The molecule has 36 heavy (non-hydrogen) atoms. The molecule has 0 aromatic heterocycles. The summed E-state index contributed by atoms with van der Waals surface area (Å²) in [7, 11) is -3.87. The molecule has 0 aliphatic rings. The molecule has 2 aromatic carbocycles. The highest BCUT2D eigenvalue weighted by molar-refractivity contribution is 7.92. The van der Waals surface area contributed by atoms with Crippen LogP contribution < -0.4 is 14.4 Å². The lowest BCUT2D eigenvalue weighted by Crippen LogP contribution is -2.52. The number of carbonyl (C=O) groups is 2. The third-order valence-electron chi connectivity index (χ3n) is 5.62. The van der Waals surface area contributed by atoms with Crippen LogP contribution in [0, 0.1) is 0 Å². The van der Waals surface area contributed by atoms with Crippen LogP contribution in [-0.2, 0) is 26.2 Å². The van der Waals surface area contributed by atoms with Gasteiger partial charge in [0.1, 0.15) is 18.3 Å². The molecule has 8 nitrogen and oxygen atoms in total. The van der Waals surface area contributed by atoms with Gasteiger partial charge in [0.2, 0.25) is 21.8 Å². The van der Waals surface area contributed by atoms with Crippen LogP contribution >= 0.6 is 23.2 Å². The van der Waals surface area contributed by atoms with Gasteiger partial charge in [-0.25, -0.2) is 8.42 Å². The molecule has 0 fully saturated rings. The second-order valence-corrected chi connectivity index (χ2v) is 11.2. The lowest BCUT2D eigenvalue weighted by Gasteiger charge is -2.32. The van der Waals surface area contributed by atoms with E-state index in [2.05, 4.69) is 5.32 Å². The Kier molecular flexibility index (Phi) is 10.9. The van der Waals surface area contributed by atoms with Gasteiger partial charge in [0.15, 0.2) is 0 Å². The third kappa shape index (κ3) is 8.01. The third-order valence-corrected chi connectivity index (χ3v) is 7.48. The molecule has 0 radical (unpaired) electrons. The zero-order valence-electron chi connectivity index (χ0n) is 21.1. The van der Waals surface area contributed by atoms with Gasteiger partial charge < -0.3 is 15.0 Å². The molecule has 2 rings (SSSR count). The van der Waals surface area contributed by atoms with E-state index in [0.29, 0.717) is 28.0 Å². The molecule has 0 bridgehead atoms. The van der Waals surface area contributed by atoms with Gasteiger partial charge in [-0.15, -0.1) is 0 Å². The fourth-order valence-corrected chi connectivity index (χ4v) is 4.59. The zero-order chi connectivity index (χ0) is 27.0. The van der Waals surface area contributed by atoms with Crippen molar-refractivity contribution >= 4 is 50.7 Å². The Morgan fingerprint density at radius 1 is 1.06 bits per heavy atom. The largest absolute Gasteiger partial charge is 0.492 e. The monoisotopic (exact) mass is 557 g/mol. The van der Waals surface area contributed by atoms with E-state index in [1.54, 1.807) is 56.3 Å². The molecule has 2 atom stereocenters. The second-order valence-electron chi connectivity index (χ2n) is 8.43. The smallest absolute Gasteiger partial charge is 0.244 e. The Morgan fingerprint density at radius 2 is 1.72 bits per heavy atom. The van der Waals surface area contributed by atoms with Gasteiger partial charge in [0.05, 0.1) is 28.6 Å². The van der Waals surface area contributed by atoms with Crippen LogP contribution in [0.25, 0.3) is 0 Å². The van der Waals surface area contributed by atoms with Crippen molar-refractivity contribution < 1.29 is 22.7 Å². The van der Waals surface area contributed by atoms with Crippen molar-refractivity contribution in [3.63, 3.8) is 0 Å². The number of nitrogens with one attached hydrogen (secondary N) is 1. The van der Waals surface area contributed by atoms with Crippen LogP contribution in [-0.4, -0.2) is 56.6 Å². The molecule has 0 saturated carbocycles. The quantitative estimate of drug-likeness (QED) is 0.414. The molecular formula is C25H33Cl2N3O5S. The van der Waals surface area contributed by atoms with Gasteiger partial charge in [0, 0.05) is 12.6 Å². The van der Waals surface area contributed by atoms with Crippen molar-refractivity contribution in [2.75, 3.05) is 23.7 Å². The Hall–Kier alpha value is -2.49. The Morgan fingerprint density at radius 3 is 2.31 bits per heavy atom. The fourth-order valence-electron chi connectivity index (χ4n) is 3.42. The summed E-state index contributed by atoms with van der Waals surface area (Å²) in [6.07, 6.45) is 1.74. The molecule has 0 heterocycles. The number of hydrogen-bond acceptors (Lipinski definition) is 5. The zero-order valence-corrected chi connectivity index (χ0v) is 23.5. The maximum Gasteiger partial charge on any atom is 0.244 e. The maximum absolute atomic E-state index is 13.6. The number of halogens is 2. The van der Waals surface area contributed by atoms with E-state index in [1.807, 2.05) is 13.8 Å². The molecule has 0 saturated heterocycles. The highest BCUT2D eigenvalue weighted by atomic mass is 35.5. The fraction of sp³-hybridized carbons (Fsp3) is 0.440. The van der Waals surface area contributed by atoms with Crippen molar-refractivity contribution in [2.24, 2.45) is 0 Å². The number of nitrogens with zero attached hydrogens (tertiary/aromatic N) is 2. The topological polar surface area (TPSA) is 96.0 Å². The summed E-state index contributed by atoms with van der Waals surface area (Å²) < 4.78 is 32.1. The minimum atomic E-state index is -3.87. The van der Waals surface area contributed by atoms with Gasteiger partial charge in [-0.05, 0) is 57.0 Å². The van der Waals surface area contributed by atoms with Crippen LogP contribution in [0.1, 0.15) is 39.7 Å². The number of hydrogen-bond donors (Lipinski definition) is 1. The van der Waals surface area contributed by atoms with Gasteiger partial charge in [-0.3, -0.25) is 13.9 Å². The summed E-state index contributed by atoms with van der Waals surface area (Å²) in [6.45, 7) is 7.01. The summed E-state index contributed by atoms with van der Waals surface area (Å²) in [5.74, 6) is -0.584. The van der Waals surface area contributed by atoms with E-state index in [0.717, 1.165) is 17.0 Å². The summed E-state index contributed by atoms with van der Waals surface area (Å²) >= 11 is 12.2. The first-order valence-corrected chi connectivity index (χ1v) is 14.2. The molecule has 0 aliphatic heterocycles. The van der Waals surface area contributed by atoms with E-state index in [4.69, 9.17) is 27.9 Å². The number of ether oxygens (including phenoxy) is 1. The predicted molar refractivity (Wildman–Crippen MR) is 144 cm³/mol. The minimum absolute atomic E-state index is 0.0233. The molecule has 11 heteroatoms. The van der Waals surface area contributed by atoms with Crippen LogP contribution in [0.5, 0.6) is 5.75 Å². The van der Waals surface area contributed by atoms with E-state index in [-0.39, 0.29) is 24.2 Å². The second kappa shape index (κ2) is 13.2. The van der Waals surface area contributed by atoms with E-state index in [9.17, 15) is 18.0 Å². The molecule has 0 unspecified atom stereocenters. The van der Waals surface area contributed by atoms with Crippen molar-refractivity contribution in [1.29, 1.82) is 0 Å². The minimum Gasteiger partial charge on any atom is -0.492 e. The van der Waals surface area contributed by atoms with Crippen molar-refractivity contribution in [3.8, 4) is 5.75 Å². The number of para-hydroxylation sites is 2. The Labute approximate surface area is 223 Å². The maximum atomic E-state index is 13.6. The van der Waals surface area contributed by atoms with Crippen LogP contribution in [0.15, 0.2) is 42.5 Å². The lowest BCUT2D eigenvalue weighted by molar-refractivity contribution is -0.139. The number of amides is 2. The van der Waals surface area contributed by atoms with Crippen LogP contribution in [0.3, 0.4) is 0 Å². The average molecular weight is 559 g/mol. The molecular weight excluding hydrogens is 525 g/mol. The SMILES string of the molecule is CCOc1ccccc1N(CC(=O)N(Cc1ccc(Cl)c(Cl)c1)[C@@H](C)C(=O)N[C@H](C)CC)S(C)(=O)=O. The van der Waals surface area contributed by atoms with Crippen molar-refractivity contribution in [2.45, 2.75) is 52.7 Å². The van der Waals surface area contributed by atoms with E-state index >= 15 is 0 Å². The van der Waals surface area contributed by atoms with E-state index < -0.39 is 28.5 Å². The molecule has 0 spiro atoms. The van der Waals surface area contributed by atoms with Crippen molar-refractivity contribution in [1.82, 2.24) is 10.2 Å². The first-order chi connectivity index (χ1) is 16.9. The molecule has 2 aromatic rings. The van der Waals surface area contributed by atoms with Gasteiger partial charge >= 0.3 is 0 Å². The predicted octanol–water partition coefficient (Wildman–Crippen LogP) is 4.49. The molecule has 1 N–H and O–H groups in total. The van der Waals surface area contributed by atoms with Gasteiger partial charge in [-0.1, -0.05) is 48.3 Å². The highest BCUT2D eigenvalue weighted by Gasteiger charge is 2.31. The number of carbonyl (C=O) groups excluding carboxylic acids is 2. The average Bonchev–Trinajstić information content (AvgIpc) is 2.82. The van der Waals surface area contributed by atoms with Crippen molar-refractivity contribution in [3.05, 3.63) is 58.1 Å². The Bertz CT molecular complexity index is 1180. The summed E-state index contributed by atoms with van der Waals surface area (Å²) in [4.78, 5) is 27.9. The molecule has 198 valence electrons. The molecule has 0 aliphatic carbocycles. The number of anilines is 1. The van der Waals surface area contributed by atoms with Gasteiger partial charge in [0.25, 0.3) is 0 Å². The van der Waals surface area contributed by atoms with E-state index in [1.165, 1.54) is 4.90 Å². The standard InChI is InChI=1S/C25H33Cl2N3O5S/c1-6-17(3)28-25(32)18(4)29(15-19-12-13-20(26)21(27)14-19)24(31)16-30(36(5,33)34)22-10-8-9-11-23(22)35-7-2/h8-14,17-18H,6-7,15-16H2,1-5H3,(H,28,32)/t17-,18+/m1/s1. The first kappa shape index (κ1) is 29.7.